The lowest BCUT2D eigenvalue weighted by Crippen LogP contribution is -2.05. The molecule has 0 saturated carbocycles. The van der Waals surface area contributed by atoms with E-state index in [1.807, 2.05) is 54.6 Å². The maximum absolute atomic E-state index is 4.60. The molecule has 7 heteroatoms. The molecule has 0 aliphatic heterocycles. The number of hydrogen-bond acceptors (Lipinski definition) is 7. The molecular weight excluding hydrogens is 356 g/mol. The zero-order valence-electron chi connectivity index (χ0n) is 14.8. The monoisotopic (exact) mass is 374 g/mol. The van der Waals surface area contributed by atoms with Crippen LogP contribution in [0.2, 0.25) is 0 Å². The summed E-state index contributed by atoms with van der Waals surface area (Å²) in [5.41, 5.74) is 2.81. The first-order valence-corrected chi connectivity index (χ1v) is 9.54. The van der Waals surface area contributed by atoms with Gasteiger partial charge in [0.05, 0.1) is 6.54 Å². The molecule has 1 N–H and O–H groups in total. The highest BCUT2D eigenvalue weighted by Gasteiger charge is 2.09. The van der Waals surface area contributed by atoms with Crippen molar-refractivity contribution in [1.29, 1.82) is 0 Å². The Balaban J connectivity index is 1.52. The van der Waals surface area contributed by atoms with Crippen molar-refractivity contribution in [2.24, 2.45) is 0 Å². The lowest BCUT2D eigenvalue weighted by Gasteiger charge is -2.08. The van der Waals surface area contributed by atoms with Crippen molar-refractivity contribution in [3.63, 3.8) is 0 Å². The van der Waals surface area contributed by atoms with Crippen LogP contribution in [0.25, 0.3) is 22.1 Å². The van der Waals surface area contributed by atoms with Crippen LogP contribution >= 0.6 is 11.3 Å². The van der Waals surface area contributed by atoms with Crippen molar-refractivity contribution in [2.45, 2.75) is 19.9 Å². The van der Waals surface area contributed by atoms with Gasteiger partial charge < -0.3 is 5.32 Å². The third kappa shape index (κ3) is 4.15. The number of aromatic nitrogens is 5. The Bertz CT molecular complexity index is 1020. The van der Waals surface area contributed by atoms with Crippen LogP contribution in [0, 0.1) is 0 Å². The molecule has 0 radical (unpaired) electrons. The molecule has 3 heterocycles. The number of aryl methyl sites for hydroxylation is 1. The largest absolute Gasteiger partial charge is 0.363 e. The number of pyridine rings is 1. The van der Waals surface area contributed by atoms with Crippen LogP contribution in [0.15, 0.2) is 60.8 Å². The fourth-order valence-electron chi connectivity index (χ4n) is 2.57. The van der Waals surface area contributed by atoms with Crippen LogP contribution in [0.5, 0.6) is 0 Å². The third-order valence-corrected chi connectivity index (χ3v) is 4.92. The van der Waals surface area contributed by atoms with Crippen molar-refractivity contribution in [2.75, 3.05) is 5.32 Å². The molecule has 0 atom stereocenters. The second kappa shape index (κ2) is 8.01. The fourth-order valence-corrected chi connectivity index (χ4v) is 3.35. The van der Waals surface area contributed by atoms with Crippen LogP contribution in [0.4, 0.5) is 5.82 Å². The van der Waals surface area contributed by atoms with Crippen molar-refractivity contribution in [3.05, 3.63) is 71.5 Å². The number of nitrogens with one attached hydrogen (secondary N) is 1. The lowest BCUT2D eigenvalue weighted by molar-refractivity contribution is 0.964. The van der Waals surface area contributed by atoms with Gasteiger partial charge in [0.2, 0.25) is 0 Å². The summed E-state index contributed by atoms with van der Waals surface area (Å²) >= 11 is 1.58. The summed E-state index contributed by atoms with van der Waals surface area (Å²) in [4.78, 5) is 13.5. The average molecular weight is 374 g/mol. The van der Waals surface area contributed by atoms with Gasteiger partial charge in [0, 0.05) is 23.5 Å². The number of anilines is 1. The molecule has 0 amide bonds. The highest BCUT2D eigenvalue weighted by atomic mass is 32.1. The summed E-state index contributed by atoms with van der Waals surface area (Å²) < 4.78 is 0. The van der Waals surface area contributed by atoms with Gasteiger partial charge in [0.1, 0.15) is 21.5 Å². The molecular formula is C20H18N6S. The molecule has 0 spiro atoms. The number of benzene rings is 1. The van der Waals surface area contributed by atoms with Crippen molar-refractivity contribution in [1.82, 2.24) is 25.1 Å². The molecule has 0 fully saturated rings. The highest BCUT2D eigenvalue weighted by Crippen LogP contribution is 2.24. The summed E-state index contributed by atoms with van der Waals surface area (Å²) in [6.07, 6.45) is 2.57. The van der Waals surface area contributed by atoms with Crippen molar-refractivity contribution >= 4 is 17.2 Å². The predicted molar refractivity (Wildman–Crippen MR) is 107 cm³/mol. The maximum atomic E-state index is 4.60. The molecule has 0 unspecified atom stereocenters. The zero-order chi connectivity index (χ0) is 18.5. The second-order valence-electron chi connectivity index (χ2n) is 5.86. The molecule has 0 saturated heterocycles. The third-order valence-electron chi connectivity index (χ3n) is 3.94. The van der Waals surface area contributed by atoms with Gasteiger partial charge in [-0.25, -0.2) is 9.97 Å². The van der Waals surface area contributed by atoms with Crippen LogP contribution in [-0.2, 0) is 13.0 Å². The standard InChI is InChI=1S/C20H18N6S/c1-2-15-12-17(24-19(23-15)16-10-6-7-11-21-16)22-13-18-25-26-20(27-18)14-8-4-3-5-9-14/h3-12H,2,13H2,1H3,(H,22,23,24). The molecule has 4 aromatic rings. The van der Waals surface area contributed by atoms with Gasteiger partial charge in [-0.2, -0.15) is 0 Å². The van der Waals surface area contributed by atoms with E-state index in [1.165, 1.54) is 0 Å². The van der Waals surface area contributed by atoms with E-state index in [2.05, 4.69) is 37.4 Å². The number of nitrogens with zero attached hydrogens (tertiary/aromatic N) is 5. The molecule has 4 rings (SSSR count). The minimum atomic E-state index is 0.562. The lowest BCUT2D eigenvalue weighted by atomic mass is 10.2. The Morgan fingerprint density at radius 1 is 0.963 bits per heavy atom. The van der Waals surface area contributed by atoms with E-state index >= 15 is 0 Å². The molecule has 6 nitrogen and oxygen atoms in total. The molecule has 134 valence electrons. The van der Waals surface area contributed by atoms with Crippen LogP contribution in [-0.4, -0.2) is 25.1 Å². The first kappa shape index (κ1) is 17.2. The van der Waals surface area contributed by atoms with E-state index in [1.54, 1.807) is 17.5 Å². The zero-order valence-corrected chi connectivity index (χ0v) is 15.6. The SMILES string of the molecule is CCc1cc(NCc2nnc(-c3ccccc3)s2)nc(-c2ccccn2)n1. The van der Waals surface area contributed by atoms with E-state index in [9.17, 15) is 0 Å². The van der Waals surface area contributed by atoms with Gasteiger partial charge in [0.25, 0.3) is 0 Å². The average Bonchev–Trinajstić information content (AvgIpc) is 3.22. The van der Waals surface area contributed by atoms with Crippen LogP contribution in [0.1, 0.15) is 17.6 Å². The van der Waals surface area contributed by atoms with Gasteiger partial charge in [-0.05, 0) is 18.6 Å². The highest BCUT2D eigenvalue weighted by molar-refractivity contribution is 7.14. The van der Waals surface area contributed by atoms with E-state index in [0.717, 1.165) is 39.2 Å². The van der Waals surface area contributed by atoms with E-state index < -0.39 is 0 Å². The van der Waals surface area contributed by atoms with E-state index in [-0.39, 0.29) is 0 Å². The number of rotatable bonds is 6. The molecule has 0 aliphatic rings. The molecule has 0 aliphatic carbocycles. The minimum absolute atomic E-state index is 0.562. The molecule has 0 bridgehead atoms. The Labute approximate surface area is 161 Å². The minimum Gasteiger partial charge on any atom is -0.363 e. The summed E-state index contributed by atoms with van der Waals surface area (Å²) in [5.74, 6) is 1.39. The smallest absolute Gasteiger partial charge is 0.180 e. The van der Waals surface area contributed by atoms with Crippen molar-refractivity contribution in [3.8, 4) is 22.1 Å². The first-order valence-electron chi connectivity index (χ1n) is 8.73. The molecule has 3 aromatic heterocycles. The molecule has 1 aromatic carbocycles. The normalized spacial score (nSPS) is 10.7. The number of hydrogen-bond donors (Lipinski definition) is 1. The summed E-state index contributed by atoms with van der Waals surface area (Å²) in [7, 11) is 0. The van der Waals surface area contributed by atoms with E-state index in [4.69, 9.17) is 0 Å². The Hall–Kier alpha value is -3.19. The summed E-state index contributed by atoms with van der Waals surface area (Å²) in [6, 6.07) is 17.8. The van der Waals surface area contributed by atoms with Crippen LogP contribution < -0.4 is 5.32 Å². The Morgan fingerprint density at radius 2 is 1.81 bits per heavy atom. The fraction of sp³-hybridized carbons (Fsp3) is 0.150. The van der Waals surface area contributed by atoms with Gasteiger partial charge in [-0.15, -0.1) is 10.2 Å². The summed E-state index contributed by atoms with van der Waals surface area (Å²) in [5, 5.41) is 13.7. The quantitative estimate of drug-likeness (QED) is 0.544. The van der Waals surface area contributed by atoms with Crippen LogP contribution in [0.3, 0.4) is 0 Å². The predicted octanol–water partition coefficient (Wildman–Crippen LogP) is 4.23. The van der Waals surface area contributed by atoms with Crippen molar-refractivity contribution < 1.29 is 0 Å². The molecule has 27 heavy (non-hydrogen) atoms. The maximum Gasteiger partial charge on any atom is 0.180 e. The van der Waals surface area contributed by atoms with Gasteiger partial charge >= 0.3 is 0 Å². The second-order valence-corrected chi connectivity index (χ2v) is 6.92. The summed E-state index contributed by atoms with van der Waals surface area (Å²) in [6.45, 7) is 2.64. The Morgan fingerprint density at radius 3 is 2.59 bits per heavy atom. The van der Waals surface area contributed by atoms with E-state index in [0.29, 0.717) is 12.4 Å². The topological polar surface area (TPSA) is 76.5 Å². The first-order chi connectivity index (χ1) is 13.3. The van der Waals surface area contributed by atoms with Gasteiger partial charge in [0.15, 0.2) is 5.82 Å². The van der Waals surface area contributed by atoms with Gasteiger partial charge in [-0.1, -0.05) is 54.7 Å². The van der Waals surface area contributed by atoms with Gasteiger partial charge in [-0.3, -0.25) is 4.98 Å². The Kier molecular flexibility index (Phi) is 5.11.